The van der Waals surface area contributed by atoms with Crippen LogP contribution in [0.4, 0.5) is 5.69 Å². The predicted molar refractivity (Wildman–Crippen MR) is 178 cm³/mol. The van der Waals surface area contributed by atoms with Crippen LogP contribution in [0.1, 0.15) is 49.3 Å². The number of hydrogen-bond acceptors (Lipinski definition) is 4. The van der Waals surface area contributed by atoms with Crippen LogP contribution in [0.3, 0.4) is 0 Å². The number of nitrogens with zero attached hydrogens (tertiary/aromatic N) is 2. The lowest BCUT2D eigenvalue weighted by Gasteiger charge is -2.34. The summed E-state index contributed by atoms with van der Waals surface area (Å²) in [5.41, 5.74) is 3.21. The molecule has 1 aliphatic rings. The minimum Gasteiger partial charge on any atom is -0.352 e. The Morgan fingerprint density at radius 1 is 0.756 bits per heavy atom. The van der Waals surface area contributed by atoms with Crippen LogP contribution in [0.15, 0.2) is 120 Å². The third-order valence-electron chi connectivity index (χ3n) is 8.41. The molecule has 7 nitrogen and oxygen atoms in total. The van der Waals surface area contributed by atoms with Crippen LogP contribution in [0.5, 0.6) is 0 Å². The van der Waals surface area contributed by atoms with E-state index in [0.717, 1.165) is 53.1 Å². The number of carbonyl (C=O) groups excluding carboxylic acids is 2. The second kappa shape index (κ2) is 15.0. The van der Waals surface area contributed by atoms with Gasteiger partial charge in [-0.1, -0.05) is 111 Å². The van der Waals surface area contributed by atoms with Gasteiger partial charge in [-0.25, -0.2) is 8.42 Å². The average Bonchev–Trinajstić information content (AvgIpc) is 3.59. The molecule has 234 valence electrons. The molecule has 1 atom stereocenters. The lowest BCUT2D eigenvalue weighted by molar-refractivity contribution is -0.140. The average molecular weight is 624 g/mol. The summed E-state index contributed by atoms with van der Waals surface area (Å²) in [6, 6.07) is 33.8. The fraction of sp³-hybridized carbons (Fsp3) is 0.297. The van der Waals surface area contributed by atoms with E-state index in [0.29, 0.717) is 12.1 Å². The minimum absolute atomic E-state index is 0.0662. The van der Waals surface area contributed by atoms with Crippen LogP contribution in [0.2, 0.25) is 0 Å². The van der Waals surface area contributed by atoms with Crippen LogP contribution >= 0.6 is 0 Å². The van der Waals surface area contributed by atoms with E-state index in [1.807, 2.05) is 79.7 Å². The van der Waals surface area contributed by atoms with Crippen molar-refractivity contribution in [2.45, 2.75) is 69.0 Å². The zero-order valence-corrected chi connectivity index (χ0v) is 26.5. The number of rotatable bonds is 13. The summed E-state index contributed by atoms with van der Waals surface area (Å²) in [6.45, 7) is 1.72. The Morgan fingerprint density at radius 3 is 1.89 bits per heavy atom. The number of carbonyl (C=O) groups is 2. The molecular formula is C37H41N3O4S. The number of benzene rings is 4. The van der Waals surface area contributed by atoms with Crippen LogP contribution in [-0.4, -0.2) is 43.8 Å². The molecule has 45 heavy (non-hydrogen) atoms. The van der Waals surface area contributed by atoms with Gasteiger partial charge in [0.25, 0.3) is 10.0 Å². The highest BCUT2D eigenvalue weighted by atomic mass is 32.2. The maximum atomic E-state index is 14.5. The molecule has 1 fully saturated rings. The zero-order chi connectivity index (χ0) is 31.6. The van der Waals surface area contributed by atoms with Crippen molar-refractivity contribution in [3.8, 4) is 0 Å². The molecule has 1 saturated carbocycles. The largest absolute Gasteiger partial charge is 0.352 e. The SMILES string of the molecule is CCc1ccc(N(CC(=O)N(Cc2ccccc2)[C@@H](Cc2ccccc2)C(=O)NC2CCCC2)S(=O)(=O)c2ccccc2)cc1. The van der Waals surface area contributed by atoms with E-state index in [2.05, 4.69) is 5.32 Å². The van der Waals surface area contributed by atoms with Gasteiger partial charge in [0.15, 0.2) is 0 Å². The van der Waals surface area contributed by atoms with Gasteiger partial charge in [-0.05, 0) is 60.2 Å². The Bertz CT molecular complexity index is 1640. The molecular weight excluding hydrogens is 582 g/mol. The lowest BCUT2D eigenvalue weighted by atomic mass is 10.0. The van der Waals surface area contributed by atoms with Gasteiger partial charge in [-0.15, -0.1) is 0 Å². The molecule has 0 radical (unpaired) electrons. The molecule has 1 aliphatic carbocycles. The van der Waals surface area contributed by atoms with Crippen molar-refractivity contribution in [1.29, 1.82) is 0 Å². The molecule has 5 rings (SSSR count). The highest BCUT2D eigenvalue weighted by Crippen LogP contribution is 2.26. The standard InChI is InChI=1S/C37H41N3O4S/c1-2-29-22-24-33(25-23-29)40(45(43,44)34-20-10-5-11-21-34)28-36(41)39(27-31-16-8-4-9-17-31)35(26-30-14-6-3-7-15-30)37(42)38-32-18-12-13-19-32/h3-11,14-17,20-25,32,35H,2,12-13,18-19,26-28H2,1H3,(H,38,42)/t35-/m0/s1. The van der Waals surface area contributed by atoms with E-state index >= 15 is 0 Å². The highest BCUT2D eigenvalue weighted by molar-refractivity contribution is 7.92. The van der Waals surface area contributed by atoms with Crippen LogP contribution in [0, 0.1) is 0 Å². The van der Waals surface area contributed by atoms with Crippen molar-refractivity contribution < 1.29 is 18.0 Å². The van der Waals surface area contributed by atoms with Crippen molar-refractivity contribution in [3.63, 3.8) is 0 Å². The van der Waals surface area contributed by atoms with Gasteiger partial charge >= 0.3 is 0 Å². The Hall–Kier alpha value is -4.43. The fourth-order valence-corrected chi connectivity index (χ4v) is 7.28. The fourth-order valence-electron chi connectivity index (χ4n) is 5.85. The third kappa shape index (κ3) is 8.19. The number of amides is 2. The molecule has 0 saturated heterocycles. The van der Waals surface area contributed by atoms with Crippen LogP contribution in [-0.2, 0) is 39.0 Å². The second-order valence-corrected chi connectivity index (χ2v) is 13.4. The Morgan fingerprint density at radius 2 is 1.31 bits per heavy atom. The predicted octanol–water partition coefficient (Wildman–Crippen LogP) is 6.14. The number of hydrogen-bond donors (Lipinski definition) is 1. The third-order valence-corrected chi connectivity index (χ3v) is 10.2. The van der Waals surface area contributed by atoms with Gasteiger partial charge in [0.05, 0.1) is 10.6 Å². The maximum absolute atomic E-state index is 14.5. The monoisotopic (exact) mass is 623 g/mol. The number of aryl methyl sites for hydroxylation is 1. The first kappa shape index (κ1) is 32.0. The number of sulfonamides is 1. The molecule has 0 bridgehead atoms. The Balaban J connectivity index is 1.54. The second-order valence-electron chi connectivity index (χ2n) is 11.5. The van der Waals surface area contributed by atoms with E-state index in [-0.39, 0.29) is 23.4 Å². The number of anilines is 1. The molecule has 2 amide bonds. The van der Waals surface area contributed by atoms with E-state index in [4.69, 9.17) is 0 Å². The van der Waals surface area contributed by atoms with Crippen molar-refractivity contribution in [1.82, 2.24) is 10.2 Å². The Kier molecular flexibility index (Phi) is 10.7. The first-order valence-corrected chi connectivity index (χ1v) is 17.1. The zero-order valence-electron chi connectivity index (χ0n) is 25.7. The first-order valence-electron chi connectivity index (χ1n) is 15.7. The van der Waals surface area contributed by atoms with Gasteiger partial charge in [0.1, 0.15) is 12.6 Å². The quantitative estimate of drug-likeness (QED) is 0.194. The van der Waals surface area contributed by atoms with E-state index in [1.165, 1.54) is 12.1 Å². The van der Waals surface area contributed by atoms with Crippen molar-refractivity contribution in [3.05, 3.63) is 132 Å². The Labute approximate surface area is 266 Å². The highest BCUT2D eigenvalue weighted by Gasteiger charge is 2.35. The summed E-state index contributed by atoms with van der Waals surface area (Å²) in [7, 11) is -4.11. The van der Waals surface area contributed by atoms with Gasteiger partial charge in [0, 0.05) is 19.0 Å². The molecule has 4 aromatic rings. The first-order chi connectivity index (χ1) is 21.8. The van der Waals surface area contributed by atoms with Crippen LogP contribution in [0.25, 0.3) is 0 Å². The molecule has 8 heteroatoms. The molecule has 0 aromatic heterocycles. The molecule has 1 N–H and O–H groups in total. The smallest absolute Gasteiger partial charge is 0.264 e. The summed E-state index contributed by atoms with van der Waals surface area (Å²) < 4.78 is 29.4. The van der Waals surface area contributed by atoms with E-state index < -0.39 is 28.5 Å². The van der Waals surface area contributed by atoms with Gasteiger partial charge in [-0.2, -0.15) is 0 Å². The lowest BCUT2D eigenvalue weighted by Crippen LogP contribution is -2.54. The molecule has 0 aliphatic heterocycles. The molecule has 0 unspecified atom stereocenters. The normalized spacial score (nSPS) is 14.1. The molecule has 4 aromatic carbocycles. The van der Waals surface area contributed by atoms with Crippen molar-refractivity contribution >= 4 is 27.5 Å². The van der Waals surface area contributed by atoms with E-state index in [1.54, 1.807) is 35.2 Å². The topological polar surface area (TPSA) is 86.8 Å². The molecule has 0 spiro atoms. The molecule has 0 heterocycles. The van der Waals surface area contributed by atoms with Gasteiger partial charge in [0.2, 0.25) is 11.8 Å². The minimum atomic E-state index is -4.11. The number of nitrogens with one attached hydrogen (secondary N) is 1. The summed E-state index contributed by atoms with van der Waals surface area (Å²) in [6.07, 6.45) is 5.04. The summed E-state index contributed by atoms with van der Waals surface area (Å²) in [5, 5.41) is 3.21. The maximum Gasteiger partial charge on any atom is 0.264 e. The van der Waals surface area contributed by atoms with Crippen LogP contribution < -0.4 is 9.62 Å². The summed E-state index contributed by atoms with van der Waals surface area (Å²) >= 11 is 0. The van der Waals surface area contributed by atoms with E-state index in [9.17, 15) is 18.0 Å². The summed E-state index contributed by atoms with van der Waals surface area (Å²) in [5.74, 6) is -0.680. The van der Waals surface area contributed by atoms with Crippen molar-refractivity contribution in [2.75, 3.05) is 10.8 Å². The van der Waals surface area contributed by atoms with Crippen molar-refractivity contribution in [2.24, 2.45) is 0 Å². The van der Waals surface area contributed by atoms with Gasteiger partial charge < -0.3 is 10.2 Å². The van der Waals surface area contributed by atoms with Gasteiger partial charge in [-0.3, -0.25) is 13.9 Å². The summed E-state index contributed by atoms with van der Waals surface area (Å²) in [4.78, 5) is 30.2.